The summed E-state index contributed by atoms with van der Waals surface area (Å²) in [6.45, 7) is 11.7. The standard InChI is InChI=1S/C13H24Cl2O3/c1-12(2,3)9(7-14)17-11(16)18-10(8-15)13(4,5)6/h9-10H,7-8H2,1-6H3. The minimum Gasteiger partial charge on any atom is -0.429 e. The van der Waals surface area contributed by atoms with Gasteiger partial charge in [0.05, 0.1) is 11.8 Å². The second-order valence-electron chi connectivity index (χ2n) is 6.50. The first-order valence-corrected chi connectivity index (χ1v) is 7.08. The zero-order valence-corrected chi connectivity index (χ0v) is 13.6. The summed E-state index contributed by atoms with van der Waals surface area (Å²) in [6, 6.07) is 0. The molecule has 0 heterocycles. The van der Waals surface area contributed by atoms with Crippen LogP contribution in [0.2, 0.25) is 0 Å². The fraction of sp³-hybridized carbons (Fsp3) is 0.923. The second kappa shape index (κ2) is 6.85. The van der Waals surface area contributed by atoms with E-state index < -0.39 is 6.16 Å². The van der Waals surface area contributed by atoms with Gasteiger partial charge in [-0.1, -0.05) is 41.5 Å². The van der Waals surface area contributed by atoms with E-state index in [4.69, 9.17) is 32.7 Å². The summed E-state index contributed by atoms with van der Waals surface area (Å²) < 4.78 is 10.5. The van der Waals surface area contributed by atoms with Crippen LogP contribution < -0.4 is 0 Å². The van der Waals surface area contributed by atoms with Crippen molar-refractivity contribution < 1.29 is 14.3 Å². The lowest BCUT2D eigenvalue weighted by Crippen LogP contribution is -2.38. The van der Waals surface area contributed by atoms with Gasteiger partial charge >= 0.3 is 6.16 Å². The average Bonchev–Trinajstić information content (AvgIpc) is 2.19. The van der Waals surface area contributed by atoms with Crippen molar-refractivity contribution in [2.75, 3.05) is 11.8 Å². The van der Waals surface area contributed by atoms with Gasteiger partial charge in [0.15, 0.2) is 0 Å². The van der Waals surface area contributed by atoms with Crippen LogP contribution in [0.4, 0.5) is 4.79 Å². The Labute approximate surface area is 120 Å². The van der Waals surface area contributed by atoms with Crippen LogP contribution in [0, 0.1) is 10.8 Å². The van der Waals surface area contributed by atoms with E-state index in [0.29, 0.717) is 0 Å². The number of ether oxygens (including phenoxy) is 2. The molecule has 18 heavy (non-hydrogen) atoms. The quantitative estimate of drug-likeness (QED) is 0.568. The third-order valence-corrected chi connectivity index (χ3v) is 3.25. The van der Waals surface area contributed by atoms with Gasteiger partial charge in [0.2, 0.25) is 0 Å². The summed E-state index contributed by atoms with van der Waals surface area (Å²) in [5.41, 5.74) is -0.447. The molecule has 0 N–H and O–H groups in total. The van der Waals surface area contributed by atoms with Gasteiger partial charge in [0, 0.05) is 10.8 Å². The monoisotopic (exact) mass is 298 g/mol. The number of hydrogen-bond donors (Lipinski definition) is 0. The van der Waals surface area contributed by atoms with Crippen molar-refractivity contribution in [2.45, 2.75) is 53.8 Å². The highest BCUT2D eigenvalue weighted by molar-refractivity contribution is 6.18. The van der Waals surface area contributed by atoms with Crippen LogP contribution in [-0.4, -0.2) is 30.1 Å². The Kier molecular flexibility index (Phi) is 6.80. The Morgan fingerprint density at radius 3 is 1.33 bits per heavy atom. The van der Waals surface area contributed by atoms with Crippen molar-refractivity contribution in [1.82, 2.24) is 0 Å². The highest BCUT2D eigenvalue weighted by Crippen LogP contribution is 2.26. The molecular weight excluding hydrogens is 275 g/mol. The second-order valence-corrected chi connectivity index (χ2v) is 7.12. The average molecular weight is 299 g/mol. The Bertz CT molecular complexity index is 240. The number of rotatable bonds is 4. The highest BCUT2D eigenvalue weighted by Gasteiger charge is 2.32. The molecule has 2 unspecified atom stereocenters. The first-order valence-electron chi connectivity index (χ1n) is 6.01. The minimum atomic E-state index is -0.712. The van der Waals surface area contributed by atoms with E-state index in [1.54, 1.807) is 0 Å². The van der Waals surface area contributed by atoms with Crippen LogP contribution in [0.25, 0.3) is 0 Å². The molecule has 0 aliphatic carbocycles. The third-order valence-electron chi connectivity index (χ3n) is 2.69. The van der Waals surface area contributed by atoms with Gasteiger partial charge in [-0.25, -0.2) is 4.79 Å². The molecule has 3 nitrogen and oxygen atoms in total. The Balaban J connectivity index is 4.50. The van der Waals surface area contributed by atoms with Gasteiger partial charge in [-0.3, -0.25) is 0 Å². The van der Waals surface area contributed by atoms with E-state index in [-0.39, 0.29) is 34.8 Å². The molecule has 108 valence electrons. The molecule has 0 radical (unpaired) electrons. The van der Waals surface area contributed by atoms with Gasteiger partial charge in [0.1, 0.15) is 12.2 Å². The summed E-state index contributed by atoms with van der Waals surface area (Å²) in [5.74, 6) is 0.472. The Morgan fingerprint density at radius 1 is 0.889 bits per heavy atom. The van der Waals surface area contributed by atoms with Crippen molar-refractivity contribution >= 4 is 29.4 Å². The lowest BCUT2D eigenvalue weighted by atomic mass is 9.90. The molecule has 0 spiro atoms. The lowest BCUT2D eigenvalue weighted by molar-refractivity contribution is -0.0427. The summed E-state index contributed by atoms with van der Waals surface area (Å²) in [4.78, 5) is 11.7. The number of carbonyl (C=O) groups excluding carboxylic acids is 1. The van der Waals surface area contributed by atoms with Crippen molar-refractivity contribution in [3.05, 3.63) is 0 Å². The van der Waals surface area contributed by atoms with E-state index in [1.807, 2.05) is 41.5 Å². The first kappa shape index (κ1) is 17.8. The molecule has 0 rings (SSSR count). The van der Waals surface area contributed by atoms with Crippen molar-refractivity contribution in [3.8, 4) is 0 Å². The smallest absolute Gasteiger partial charge is 0.429 e. The fourth-order valence-electron chi connectivity index (χ4n) is 1.14. The normalized spacial score (nSPS) is 16.0. The maximum absolute atomic E-state index is 11.7. The number of alkyl halides is 2. The molecule has 0 bridgehead atoms. The SMILES string of the molecule is CC(C)(C)C(CCl)OC(=O)OC(CCl)C(C)(C)C. The van der Waals surface area contributed by atoms with Crippen LogP contribution >= 0.6 is 23.2 Å². The molecule has 0 amide bonds. The number of halogens is 2. The zero-order valence-electron chi connectivity index (χ0n) is 12.0. The first-order chi connectivity index (χ1) is 8.02. The minimum absolute atomic E-state index is 0.223. The largest absolute Gasteiger partial charge is 0.508 e. The summed E-state index contributed by atoms with van der Waals surface area (Å²) in [5, 5.41) is 0. The number of carbonyl (C=O) groups is 1. The highest BCUT2D eigenvalue weighted by atomic mass is 35.5. The molecule has 0 fully saturated rings. The van der Waals surface area contributed by atoms with Gasteiger partial charge in [-0.2, -0.15) is 0 Å². The van der Waals surface area contributed by atoms with Crippen LogP contribution in [0.5, 0.6) is 0 Å². The Hall–Kier alpha value is -0.150. The predicted octanol–water partition coefficient (Wildman–Crippen LogP) is 4.45. The van der Waals surface area contributed by atoms with E-state index in [2.05, 4.69) is 0 Å². The van der Waals surface area contributed by atoms with Crippen LogP contribution in [-0.2, 0) is 9.47 Å². The molecule has 5 heteroatoms. The van der Waals surface area contributed by atoms with E-state index in [0.717, 1.165) is 0 Å². The lowest BCUT2D eigenvalue weighted by Gasteiger charge is -2.31. The molecule has 0 aliphatic heterocycles. The molecule has 0 aromatic heterocycles. The molecule has 0 aliphatic rings. The molecular formula is C13H24Cl2O3. The van der Waals surface area contributed by atoms with Crippen molar-refractivity contribution in [1.29, 1.82) is 0 Å². The van der Waals surface area contributed by atoms with Gasteiger partial charge < -0.3 is 9.47 Å². The maximum Gasteiger partial charge on any atom is 0.508 e. The summed E-state index contributed by atoms with van der Waals surface area (Å²) in [7, 11) is 0. The zero-order chi connectivity index (χ0) is 14.6. The number of hydrogen-bond acceptors (Lipinski definition) is 3. The van der Waals surface area contributed by atoms with E-state index in [9.17, 15) is 4.79 Å². The van der Waals surface area contributed by atoms with Crippen molar-refractivity contribution in [2.24, 2.45) is 10.8 Å². The predicted molar refractivity (Wildman–Crippen MR) is 75.5 cm³/mol. The molecule has 0 aromatic carbocycles. The topological polar surface area (TPSA) is 35.5 Å². The fourth-order valence-corrected chi connectivity index (χ4v) is 2.19. The van der Waals surface area contributed by atoms with Gasteiger partial charge in [-0.05, 0) is 0 Å². The molecule has 0 saturated carbocycles. The van der Waals surface area contributed by atoms with E-state index in [1.165, 1.54) is 0 Å². The molecule has 0 saturated heterocycles. The van der Waals surface area contributed by atoms with Crippen LogP contribution in [0.1, 0.15) is 41.5 Å². The van der Waals surface area contributed by atoms with Crippen LogP contribution in [0.15, 0.2) is 0 Å². The van der Waals surface area contributed by atoms with Gasteiger partial charge in [0.25, 0.3) is 0 Å². The molecule has 2 atom stereocenters. The summed E-state index contributed by atoms with van der Waals surface area (Å²) >= 11 is 11.6. The molecule has 0 aromatic rings. The van der Waals surface area contributed by atoms with Gasteiger partial charge in [-0.15, -0.1) is 23.2 Å². The van der Waals surface area contributed by atoms with Crippen molar-refractivity contribution in [3.63, 3.8) is 0 Å². The van der Waals surface area contributed by atoms with Crippen LogP contribution in [0.3, 0.4) is 0 Å². The third kappa shape index (κ3) is 6.14. The summed E-state index contributed by atoms with van der Waals surface area (Å²) in [6.07, 6.45) is -1.48. The van der Waals surface area contributed by atoms with E-state index >= 15 is 0 Å². The maximum atomic E-state index is 11.7. The Morgan fingerprint density at radius 2 is 1.17 bits per heavy atom.